The molecule has 2 aromatic rings. The molecule has 0 aliphatic heterocycles. The number of nitrogens with two attached hydrogens (primary N) is 1. The number of nitrogens with zero attached hydrogens (tertiary/aromatic N) is 3. The van der Waals surface area contributed by atoms with E-state index in [1.807, 2.05) is 6.07 Å². The molecule has 0 atom stereocenters. The summed E-state index contributed by atoms with van der Waals surface area (Å²) >= 11 is 0. The van der Waals surface area contributed by atoms with Crippen molar-refractivity contribution in [2.24, 2.45) is 0 Å². The number of ether oxygens (including phenoxy) is 1. The van der Waals surface area contributed by atoms with Crippen molar-refractivity contribution in [1.29, 1.82) is 0 Å². The highest BCUT2D eigenvalue weighted by Crippen LogP contribution is 2.24. The summed E-state index contributed by atoms with van der Waals surface area (Å²) in [6.45, 7) is 0. The zero-order valence-corrected chi connectivity index (χ0v) is 7.71. The molecule has 0 bridgehead atoms. The molecular weight excluding hydrogens is 180 g/mol. The summed E-state index contributed by atoms with van der Waals surface area (Å²) in [5.41, 5.74) is 7.11. The minimum atomic E-state index is 0.658. The molecule has 0 fully saturated rings. The van der Waals surface area contributed by atoms with Gasteiger partial charge in [-0.2, -0.15) is 0 Å². The SMILES string of the molecule is COc1cc(N)ccc1-n1ccnn1. The van der Waals surface area contributed by atoms with Crippen molar-refractivity contribution >= 4 is 5.69 Å². The van der Waals surface area contributed by atoms with Crippen LogP contribution in [0.3, 0.4) is 0 Å². The van der Waals surface area contributed by atoms with Crippen LogP contribution in [-0.4, -0.2) is 22.1 Å². The van der Waals surface area contributed by atoms with E-state index >= 15 is 0 Å². The number of anilines is 1. The predicted octanol–water partition coefficient (Wildman–Crippen LogP) is 0.858. The van der Waals surface area contributed by atoms with Gasteiger partial charge < -0.3 is 10.5 Å². The molecule has 0 spiro atoms. The second-order valence-corrected chi connectivity index (χ2v) is 2.78. The first-order valence-electron chi connectivity index (χ1n) is 4.11. The van der Waals surface area contributed by atoms with Crippen molar-refractivity contribution < 1.29 is 4.74 Å². The molecule has 14 heavy (non-hydrogen) atoms. The van der Waals surface area contributed by atoms with Crippen molar-refractivity contribution in [1.82, 2.24) is 15.0 Å². The first-order valence-corrected chi connectivity index (χ1v) is 4.11. The Hall–Kier alpha value is -2.04. The van der Waals surface area contributed by atoms with Crippen molar-refractivity contribution in [2.45, 2.75) is 0 Å². The fourth-order valence-corrected chi connectivity index (χ4v) is 1.22. The van der Waals surface area contributed by atoms with Gasteiger partial charge in [0.15, 0.2) is 0 Å². The van der Waals surface area contributed by atoms with Gasteiger partial charge in [0.1, 0.15) is 11.4 Å². The normalized spacial score (nSPS) is 10.1. The number of benzene rings is 1. The van der Waals surface area contributed by atoms with E-state index in [4.69, 9.17) is 10.5 Å². The monoisotopic (exact) mass is 190 g/mol. The predicted molar refractivity (Wildman–Crippen MR) is 52.3 cm³/mol. The summed E-state index contributed by atoms with van der Waals surface area (Å²) in [5.74, 6) is 0.676. The van der Waals surface area contributed by atoms with Gasteiger partial charge in [0.2, 0.25) is 0 Å². The van der Waals surface area contributed by atoms with Gasteiger partial charge in [-0.3, -0.25) is 0 Å². The third-order valence-electron chi connectivity index (χ3n) is 1.87. The van der Waals surface area contributed by atoms with Crippen molar-refractivity contribution in [3.63, 3.8) is 0 Å². The van der Waals surface area contributed by atoms with Gasteiger partial charge in [0, 0.05) is 11.8 Å². The second kappa shape index (κ2) is 3.37. The van der Waals surface area contributed by atoms with Gasteiger partial charge in [0.25, 0.3) is 0 Å². The lowest BCUT2D eigenvalue weighted by molar-refractivity contribution is 0.411. The molecule has 1 aromatic heterocycles. The summed E-state index contributed by atoms with van der Waals surface area (Å²) < 4.78 is 6.80. The molecule has 0 aliphatic rings. The molecule has 72 valence electrons. The van der Waals surface area contributed by atoms with Crippen molar-refractivity contribution in [3.05, 3.63) is 30.6 Å². The van der Waals surface area contributed by atoms with Crippen LogP contribution < -0.4 is 10.5 Å². The second-order valence-electron chi connectivity index (χ2n) is 2.78. The van der Waals surface area contributed by atoms with Crippen molar-refractivity contribution in [3.8, 4) is 11.4 Å². The van der Waals surface area contributed by atoms with E-state index in [1.54, 1.807) is 36.3 Å². The van der Waals surface area contributed by atoms with E-state index in [9.17, 15) is 0 Å². The van der Waals surface area contributed by atoms with Crippen LogP contribution in [0.25, 0.3) is 5.69 Å². The first-order chi connectivity index (χ1) is 6.81. The Kier molecular flexibility index (Phi) is 2.06. The zero-order chi connectivity index (χ0) is 9.97. The van der Waals surface area contributed by atoms with Crippen LogP contribution in [0.4, 0.5) is 5.69 Å². The highest BCUT2D eigenvalue weighted by Gasteiger charge is 2.05. The maximum absolute atomic E-state index is 5.63. The van der Waals surface area contributed by atoms with E-state index < -0.39 is 0 Å². The number of hydrogen-bond donors (Lipinski definition) is 1. The average molecular weight is 190 g/mol. The van der Waals surface area contributed by atoms with E-state index in [-0.39, 0.29) is 0 Å². The van der Waals surface area contributed by atoms with Crippen LogP contribution in [0.1, 0.15) is 0 Å². The van der Waals surface area contributed by atoms with Crippen LogP contribution in [0.5, 0.6) is 5.75 Å². The summed E-state index contributed by atoms with van der Waals surface area (Å²) in [6, 6.07) is 5.37. The molecule has 0 unspecified atom stereocenters. The molecule has 0 amide bonds. The smallest absolute Gasteiger partial charge is 0.146 e. The van der Waals surface area contributed by atoms with Gasteiger partial charge >= 0.3 is 0 Å². The summed E-state index contributed by atoms with van der Waals surface area (Å²) in [4.78, 5) is 0. The van der Waals surface area contributed by atoms with Crippen LogP contribution >= 0.6 is 0 Å². The summed E-state index contributed by atoms with van der Waals surface area (Å²) in [6.07, 6.45) is 3.35. The molecule has 0 radical (unpaired) electrons. The Morgan fingerprint density at radius 1 is 1.43 bits per heavy atom. The minimum absolute atomic E-state index is 0.658. The topological polar surface area (TPSA) is 66.0 Å². The standard InChI is InChI=1S/C9H10N4O/c1-14-9-6-7(10)2-3-8(9)13-5-4-11-12-13/h2-6H,10H2,1H3. The third-order valence-corrected chi connectivity index (χ3v) is 1.87. The highest BCUT2D eigenvalue weighted by atomic mass is 16.5. The number of hydrogen-bond acceptors (Lipinski definition) is 4. The molecule has 5 nitrogen and oxygen atoms in total. The van der Waals surface area contributed by atoms with Gasteiger partial charge in [0.05, 0.1) is 19.5 Å². The Morgan fingerprint density at radius 3 is 2.93 bits per heavy atom. The number of methoxy groups -OCH3 is 1. The van der Waals surface area contributed by atoms with Gasteiger partial charge in [-0.1, -0.05) is 5.21 Å². The quantitative estimate of drug-likeness (QED) is 0.713. The molecule has 0 saturated heterocycles. The maximum atomic E-state index is 5.63. The third kappa shape index (κ3) is 1.39. The number of nitrogen functional groups attached to an aromatic ring is 1. The van der Waals surface area contributed by atoms with Gasteiger partial charge in [-0.25, -0.2) is 4.68 Å². The molecule has 0 aliphatic carbocycles. The molecular formula is C9H10N4O. The minimum Gasteiger partial charge on any atom is -0.494 e. The molecule has 1 aromatic carbocycles. The lowest BCUT2D eigenvalue weighted by atomic mass is 10.2. The molecule has 2 rings (SSSR count). The molecule has 5 heteroatoms. The Balaban J connectivity index is 2.53. The Bertz CT molecular complexity index is 424. The van der Waals surface area contributed by atoms with E-state index in [1.165, 1.54) is 0 Å². The Labute approximate surface area is 81.1 Å². The molecule has 1 heterocycles. The maximum Gasteiger partial charge on any atom is 0.146 e. The zero-order valence-electron chi connectivity index (χ0n) is 7.71. The fraction of sp³-hybridized carbons (Fsp3) is 0.111. The van der Waals surface area contributed by atoms with E-state index in [2.05, 4.69) is 10.3 Å². The number of aromatic nitrogens is 3. The Morgan fingerprint density at radius 2 is 2.29 bits per heavy atom. The van der Waals surface area contributed by atoms with Crippen LogP contribution in [-0.2, 0) is 0 Å². The van der Waals surface area contributed by atoms with Crippen molar-refractivity contribution in [2.75, 3.05) is 12.8 Å². The largest absolute Gasteiger partial charge is 0.494 e. The van der Waals surface area contributed by atoms with E-state index in [0.717, 1.165) is 5.69 Å². The highest BCUT2D eigenvalue weighted by molar-refractivity contribution is 5.55. The molecule has 0 saturated carbocycles. The van der Waals surface area contributed by atoms with E-state index in [0.29, 0.717) is 11.4 Å². The first kappa shape index (κ1) is 8.55. The average Bonchev–Trinajstić information content (AvgIpc) is 2.70. The van der Waals surface area contributed by atoms with Crippen LogP contribution in [0.2, 0.25) is 0 Å². The van der Waals surface area contributed by atoms with Gasteiger partial charge in [-0.15, -0.1) is 5.10 Å². The summed E-state index contributed by atoms with van der Waals surface area (Å²) in [7, 11) is 1.59. The fourth-order valence-electron chi connectivity index (χ4n) is 1.22. The molecule has 2 N–H and O–H groups in total. The lowest BCUT2D eigenvalue weighted by Gasteiger charge is -2.07. The number of rotatable bonds is 2. The summed E-state index contributed by atoms with van der Waals surface area (Å²) in [5, 5.41) is 7.59. The van der Waals surface area contributed by atoms with Crippen LogP contribution in [0, 0.1) is 0 Å². The lowest BCUT2D eigenvalue weighted by Crippen LogP contribution is -1.99. The van der Waals surface area contributed by atoms with Crippen LogP contribution in [0.15, 0.2) is 30.6 Å². The van der Waals surface area contributed by atoms with Gasteiger partial charge in [-0.05, 0) is 12.1 Å².